The molecule has 2 saturated heterocycles. The number of piperazine rings is 1. The average Bonchev–Trinajstić information content (AvgIpc) is 3.16. The third-order valence-corrected chi connectivity index (χ3v) is 6.49. The van der Waals surface area contributed by atoms with Gasteiger partial charge in [0.15, 0.2) is 0 Å². The third-order valence-electron chi connectivity index (χ3n) is 6.49. The van der Waals surface area contributed by atoms with Gasteiger partial charge in [-0.05, 0) is 13.1 Å². The first-order valence-corrected chi connectivity index (χ1v) is 11.4. The second-order valence-corrected chi connectivity index (χ2v) is 8.21. The lowest BCUT2D eigenvalue weighted by Gasteiger charge is -2.44. The Morgan fingerprint density at radius 3 is 2.22 bits per heavy atom. The number of cyclic esters (lactones) is 1. The Balaban J connectivity index is 1.70. The molecule has 2 aromatic carbocycles. The maximum Gasteiger partial charge on any atom is 0.327 e. The Hall–Kier alpha value is -2.74. The summed E-state index contributed by atoms with van der Waals surface area (Å²) in [6.45, 7) is 8.37. The van der Waals surface area contributed by atoms with Crippen molar-refractivity contribution in [1.29, 1.82) is 0 Å². The van der Waals surface area contributed by atoms with Crippen molar-refractivity contribution in [3.8, 4) is 0 Å². The van der Waals surface area contributed by atoms with Gasteiger partial charge in [0.25, 0.3) is 0 Å². The van der Waals surface area contributed by atoms with Gasteiger partial charge in [-0.25, -0.2) is 4.90 Å². The molecule has 170 valence electrons. The molecule has 0 radical (unpaired) electrons. The highest BCUT2D eigenvalue weighted by Gasteiger charge is 2.60. The van der Waals surface area contributed by atoms with Crippen LogP contribution in [-0.2, 0) is 20.1 Å². The number of esters is 1. The smallest absolute Gasteiger partial charge is 0.327 e. The predicted molar refractivity (Wildman–Crippen MR) is 123 cm³/mol. The molecule has 2 atom stereocenters. The summed E-state index contributed by atoms with van der Waals surface area (Å²) in [6, 6.07) is 18.4. The molecule has 2 aromatic rings. The van der Waals surface area contributed by atoms with E-state index in [2.05, 4.69) is 29.4 Å². The van der Waals surface area contributed by atoms with E-state index < -0.39 is 17.8 Å². The number of rotatable bonds is 8. The summed E-state index contributed by atoms with van der Waals surface area (Å²) < 4.78 is 6.18. The maximum absolute atomic E-state index is 13.4. The summed E-state index contributed by atoms with van der Waals surface area (Å²) in [5.41, 5.74) is 0.530. The van der Waals surface area contributed by atoms with E-state index in [9.17, 15) is 9.59 Å². The van der Waals surface area contributed by atoms with Gasteiger partial charge in [-0.3, -0.25) is 9.59 Å². The number of nitrogens with one attached hydrogen (secondary N) is 2. The van der Waals surface area contributed by atoms with Crippen molar-refractivity contribution in [1.82, 2.24) is 20.4 Å². The largest absolute Gasteiger partial charge is 0.434 e. The van der Waals surface area contributed by atoms with Gasteiger partial charge < -0.3 is 20.3 Å². The quantitative estimate of drug-likeness (QED) is 0.612. The van der Waals surface area contributed by atoms with E-state index in [1.54, 1.807) is 0 Å². The molecular weight excluding hydrogens is 404 g/mol. The van der Waals surface area contributed by atoms with Crippen molar-refractivity contribution < 1.29 is 14.3 Å². The zero-order valence-corrected chi connectivity index (χ0v) is 18.8. The molecule has 7 nitrogen and oxygen atoms in total. The number of ether oxygens (including phenoxy) is 1. The number of carbonyl (C=O) groups excluding carboxylic acids is 2. The summed E-state index contributed by atoms with van der Waals surface area (Å²) in [7, 11) is 0. The van der Waals surface area contributed by atoms with E-state index in [0.717, 1.165) is 30.8 Å². The number of hydrogen-bond donors (Lipinski definition) is 2. The summed E-state index contributed by atoms with van der Waals surface area (Å²) in [5, 5.41) is 6.36. The van der Waals surface area contributed by atoms with Gasteiger partial charge in [0.1, 0.15) is 12.1 Å². The second-order valence-electron chi connectivity index (χ2n) is 8.21. The first-order chi connectivity index (χ1) is 15.6. The molecule has 0 aliphatic carbocycles. The minimum atomic E-state index is -1.15. The third kappa shape index (κ3) is 4.03. The lowest BCUT2D eigenvalue weighted by atomic mass is 9.90. The lowest BCUT2D eigenvalue weighted by Crippen LogP contribution is -2.66. The molecule has 0 aromatic heterocycles. The van der Waals surface area contributed by atoms with Crippen LogP contribution in [-0.4, -0.2) is 73.0 Å². The monoisotopic (exact) mass is 436 g/mol. The number of carbonyl (C=O) groups is 2. The Morgan fingerprint density at radius 2 is 1.66 bits per heavy atom. The summed E-state index contributed by atoms with van der Waals surface area (Å²) in [5.74, 6) is -0.408. The van der Waals surface area contributed by atoms with E-state index in [1.807, 2.05) is 65.6 Å². The molecule has 7 heteroatoms. The number of likely N-dealkylation sites (N-methyl/N-ethyl adjacent to an activating group) is 1. The minimum Gasteiger partial charge on any atom is -0.434 e. The van der Waals surface area contributed by atoms with Crippen LogP contribution in [0.5, 0.6) is 0 Å². The van der Waals surface area contributed by atoms with Crippen molar-refractivity contribution in [2.45, 2.75) is 31.7 Å². The normalized spacial score (nSPS) is 22.4. The molecule has 2 fully saturated rings. The molecule has 0 bridgehead atoms. The number of benzene rings is 2. The van der Waals surface area contributed by atoms with Crippen LogP contribution in [0, 0.1) is 0 Å². The molecule has 0 saturated carbocycles. The standard InChI is InChI=1S/C25H32N4O3/c1-3-28(4-2)16-15-27-23(30)21-17-26-18-22-24(31)32-25(29(21)22,19-11-7-5-8-12-19)20-13-9-6-10-14-20/h5-14,21-22,26H,3-4,15-18H2,1-2H3,(H,27,30). The lowest BCUT2D eigenvalue weighted by molar-refractivity contribution is -0.153. The molecule has 2 N–H and O–H groups in total. The Morgan fingerprint density at radius 1 is 1.06 bits per heavy atom. The number of fused-ring (bicyclic) bond motifs is 1. The number of amides is 1. The highest BCUT2D eigenvalue weighted by molar-refractivity contribution is 5.86. The molecule has 2 aliphatic rings. The van der Waals surface area contributed by atoms with Crippen LogP contribution in [0.1, 0.15) is 25.0 Å². The first-order valence-electron chi connectivity index (χ1n) is 11.4. The number of hydrogen-bond acceptors (Lipinski definition) is 6. The van der Waals surface area contributed by atoms with Gasteiger partial charge in [-0.1, -0.05) is 74.5 Å². The number of nitrogens with zero attached hydrogens (tertiary/aromatic N) is 2. The molecule has 2 unspecified atom stereocenters. The van der Waals surface area contributed by atoms with Crippen LogP contribution in [0.15, 0.2) is 60.7 Å². The van der Waals surface area contributed by atoms with Crippen molar-refractivity contribution in [2.24, 2.45) is 0 Å². The minimum absolute atomic E-state index is 0.0936. The SMILES string of the molecule is CCN(CC)CCNC(=O)C1CNCC2C(=O)OC(c3ccccc3)(c3ccccc3)N12. The molecular formula is C25H32N4O3. The average molecular weight is 437 g/mol. The summed E-state index contributed by atoms with van der Waals surface area (Å²) in [6.07, 6.45) is 0. The van der Waals surface area contributed by atoms with E-state index in [4.69, 9.17) is 4.74 Å². The zero-order chi connectivity index (χ0) is 22.6. The van der Waals surface area contributed by atoms with E-state index in [1.165, 1.54) is 0 Å². The maximum atomic E-state index is 13.4. The Labute approximate surface area is 189 Å². The van der Waals surface area contributed by atoms with E-state index in [0.29, 0.717) is 19.6 Å². The van der Waals surface area contributed by atoms with Crippen LogP contribution in [0.3, 0.4) is 0 Å². The molecule has 0 spiro atoms. The highest BCUT2D eigenvalue weighted by Crippen LogP contribution is 2.45. The second kappa shape index (κ2) is 9.81. The molecule has 4 rings (SSSR count). The predicted octanol–water partition coefficient (Wildman–Crippen LogP) is 1.54. The molecule has 1 amide bonds. The van der Waals surface area contributed by atoms with Gasteiger partial charge in [-0.15, -0.1) is 0 Å². The molecule has 2 aliphatic heterocycles. The highest BCUT2D eigenvalue weighted by atomic mass is 16.6. The first kappa shape index (κ1) is 22.5. The van der Waals surface area contributed by atoms with Crippen molar-refractivity contribution in [3.05, 3.63) is 71.8 Å². The van der Waals surface area contributed by atoms with Crippen LogP contribution >= 0.6 is 0 Å². The van der Waals surface area contributed by atoms with Crippen LogP contribution in [0.2, 0.25) is 0 Å². The molecule has 2 heterocycles. The van der Waals surface area contributed by atoms with Crippen LogP contribution in [0.4, 0.5) is 0 Å². The van der Waals surface area contributed by atoms with E-state index in [-0.39, 0.29) is 11.9 Å². The topological polar surface area (TPSA) is 73.9 Å². The van der Waals surface area contributed by atoms with Crippen molar-refractivity contribution in [2.75, 3.05) is 39.3 Å². The van der Waals surface area contributed by atoms with Crippen LogP contribution < -0.4 is 10.6 Å². The Bertz CT molecular complexity index is 878. The summed E-state index contributed by atoms with van der Waals surface area (Å²) >= 11 is 0. The van der Waals surface area contributed by atoms with Gasteiger partial charge in [0.2, 0.25) is 11.6 Å². The fourth-order valence-corrected chi connectivity index (χ4v) is 4.80. The Kier molecular flexibility index (Phi) is 6.89. The zero-order valence-electron chi connectivity index (χ0n) is 18.8. The fraction of sp³-hybridized carbons (Fsp3) is 0.440. The van der Waals surface area contributed by atoms with Crippen LogP contribution in [0.25, 0.3) is 0 Å². The van der Waals surface area contributed by atoms with E-state index >= 15 is 0 Å². The van der Waals surface area contributed by atoms with Crippen molar-refractivity contribution in [3.63, 3.8) is 0 Å². The van der Waals surface area contributed by atoms with Gasteiger partial charge in [0.05, 0.1) is 0 Å². The molecule has 32 heavy (non-hydrogen) atoms. The summed E-state index contributed by atoms with van der Waals surface area (Å²) in [4.78, 5) is 30.7. The van der Waals surface area contributed by atoms with Gasteiger partial charge in [0, 0.05) is 37.3 Å². The van der Waals surface area contributed by atoms with Gasteiger partial charge in [-0.2, -0.15) is 0 Å². The van der Waals surface area contributed by atoms with Gasteiger partial charge >= 0.3 is 5.97 Å². The van der Waals surface area contributed by atoms with Crippen molar-refractivity contribution >= 4 is 11.9 Å². The fourth-order valence-electron chi connectivity index (χ4n) is 4.80.